The Morgan fingerprint density at radius 2 is 1.80 bits per heavy atom. The molecule has 4 rings (SSSR count). The summed E-state index contributed by atoms with van der Waals surface area (Å²) >= 11 is 0. The fourth-order valence-electron chi connectivity index (χ4n) is 4.48. The Labute approximate surface area is 204 Å². The van der Waals surface area contributed by atoms with Gasteiger partial charge in [0.2, 0.25) is 5.91 Å². The van der Waals surface area contributed by atoms with Crippen molar-refractivity contribution in [3.05, 3.63) is 65.9 Å². The molecule has 1 aliphatic rings. The third-order valence-corrected chi connectivity index (χ3v) is 6.51. The first-order valence-electron chi connectivity index (χ1n) is 11.9. The van der Waals surface area contributed by atoms with Crippen LogP contribution < -0.4 is 16.0 Å². The summed E-state index contributed by atoms with van der Waals surface area (Å²) < 4.78 is 7.47. The molecule has 3 N–H and O–H groups in total. The van der Waals surface area contributed by atoms with Crippen molar-refractivity contribution in [1.29, 1.82) is 0 Å². The van der Waals surface area contributed by atoms with Crippen LogP contribution in [0, 0.1) is 5.92 Å². The number of carbonyl (C=O) groups is 3. The number of aromatic nitrogens is 2. The van der Waals surface area contributed by atoms with Gasteiger partial charge in [-0.15, -0.1) is 0 Å². The molecule has 0 unspecified atom stereocenters. The minimum Gasteiger partial charge on any atom is -0.451 e. The minimum atomic E-state index is -0.567. The Hall–Kier alpha value is -3.88. The van der Waals surface area contributed by atoms with Gasteiger partial charge in [-0.1, -0.05) is 43.5 Å². The summed E-state index contributed by atoms with van der Waals surface area (Å²) in [5.74, 6) is 0.0760. The van der Waals surface area contributed by atoms with Crippen LogP contribution in [0.25, 0.3) is 11.3 Å². The van der Waals surface area contributed by atoms with Crippen molar-refractivity contribution < 1.29 is 18.8 Å². The van der Waals surface area contributed by atoms with Crippen molar-refractivity contribution in [2.75, 3.05) is 7.05 Å². The highest BCUT2D eigenvalue weighted by Gasteiger charge is 2.31. The van der Waals surface area contributed by atoms with Crippen LogP contribution in [0.3, 0.4) is 0 Å². The number of benzene rings is 1. The molecule has 3 amide bonds. The SMILES string of the molecule is CNC(=O)[C@@H](NC(=O)c1ccc(-c2ccc(CNC(=O)c3cncn3C)cc2)o1)C1CCCCC1. The maximum Gasteiger partial charge on any atom is 0.287 e. The van der Waals surface area contributed by atoms with Crippen LogP contribution in [-0.2, 0) is 18.4 Å². The van der Waals surface area contributed by atoms with Crippen molar-refractivity contribution in [1.82, 2.24) is 25.5 Å². The molecule has 1 fully saturated rings. The fraction of sp³-hybridized carbons (Fsp3) is 0.385. The van der Waals surface area contributed by atoms with Gasteiger partial charge in [0.25, 0.3) is 11.8 Å². The van der Waals surface area contributed by atoms with Crippen molar-refractivity contribution in [2.45, 2.75) is 44.7 Å². The number of furan rings is 1. The molecule has 2 heterocycles. The zero-order chi connectivity index (χ0) is 24.8. The lowest BCUT2D eigenvalue weighted by Crippen LogP contribution is -2.50. The molecule has 9 heteroatoms. The van der Waals surface area contributed by atoms with Crippen molar-refractivity contribution >= 4 is 17.7 Å². The van der Waals surface area contributed by atoms with Crippen LogP contribution >= 0.6 is 0 Å². The molecule has 0 spiro atoms. The molecule has 1 saturated carbocycles. The predicted octanol–water partition coefficient (Wildman–Crippen LogP) is 3.03. The zero-order valence-corrected chi connectivity index (χ0v) is 20.0. The van der Waals surface area contributed by atoms with Gasteiger partial charge in [0.1, 0.15) is 17.5 Å². The first kappa shape index (κ1) is 24.3. The lowest BCUT2D eigenvalue weighted by molar-refractivity contribution is -0.124. The number of hydrogen-bond acceptors (Lipinski definition) is 5. The van der Waals surface area contributed by atoms with E-state index < -0.39 is 11.9 Å². The van der Waals surface area contributed by atoms with E-state index in [1.807, 2.05) is 24.3 Å². The molecular formula is C26H31N5O4. The maximum atomic E-state index is 12.9. The monoisotopic (exact) mass is 477 g/mol. The fourth-order valence-corrected chi connectivity index (χ4v) is 4.48. The van der Waals surface area contributed by atoms with Gasteiger partial charge in [-0.25, -0.2) is 4.98 Å². The number of amides is 3. The van der Waals surface area contributed by atoms with E-state index in [1.54, 1.807) is 37.1 Å². The molecule has 1 aromatic carbocycles. The van der Waals surface area contributed by atoms with Crippen LogP contribution in [0.4, 0.5) is 0 Å². The highest BCUT2D eigenvalue weighted by molar-refractivity contribution is 5.96. The summed E-state index contributed by atoms with van der Waals surface area (Å²) in [6, 6.07) is 10.3. The Kier molecular flexibility index (Phi) is 7.64. The number of imidazole rings is 1. The predicted molar refractivity (Wildman–Crippen MR) is 130 cm³/mol. The molecule has 184 valence electrons. The van der Waals surface area contributed by atoms with E-state index in [0.717, 1.165) is 36.8 Å². The number of carbonyl (C=O) groups excluding carboxylic acids is 3. The number of nitrogens with one attached hydrogen (secondary N) is 3. The summed E-state index contributed by atoms with van der Waals surface area (Å²) in [7, 11) is 3.35. The molecule has 9 nitrogen and oxygen atoms in total. The van der Waals surface area contributed by atoms with Gasteiger partial charge in [-0.2, -0.15) is 0 Å². The molecule has 0 saturated heterocycles. The molecule has 2 aromatic heterocycles. The van der Waals surface area contributed by atoms with Crippen molar-refractivity contribution in [3.63, 3.8) is 0 Å². The quantitative estimate of drug-likeness (QED) is 0.461. The topological polar surface area (TPSA) is 118 Å². The molecule has 0 bridgehead atoms. The average Bonchev–Trinajstić information content (AvgIpc) is 3.56. The Balaban J connectivity index is 1.37. The number of nitrogens with zero attached hydrogens (tertiary/aromatic N) is 2. The number of rotatable bonds is 8. The van der Waals surface area contributed by atoms with Gasteiger partial charge >= 0.3 is 0 Å². The standard InChI is InChI=1S/C26H31N5O4/c1-27-26(34)23(19-6-4-3-5-7-19)30-25(33)22-13-12-21(35-22)18-10-8-17(9-11-18)14-29-24(32)20-15-28-16-31(20)2/h8-13,15-16,19,23H,3-7,14H2,1-2H3,(H,27,34)(H,29,32)(H,30,33)/t23-/m0/s1. The summed E-state index contributed by atoms with van der Waals surface area (Å²) in [6.07, 6.45) is 8.27. The zero-order valence-electron chi connectivity index (χ0n) is 20.0. The Morgan fingerprint density at radius 1 is 1.06 bits per heavy atom. The smallest absolute Gasteiger partial charge is 0.287 e. The molecular weight excluding hydrogens is 446 g/mol. The van der Waals surface area contributed by atoms with E-state index in [2.05, 4.69) is 20.9 Å². The third kappa shape index (κ3) is 5.79. The van der Waals surface area contributed by atoms with E-state index in [1.165, 1.54) is 12.6 Å². The largest absolute Gasteiger partial charge is 0.451 e. The lowest BCUT2D eigenvalue weighted by Gasteiger charge is -2.29. The van der Waals surface area contributed by atoms with Gasteiger partial charge in [-0.3, -0.25) is 14.4 Å². The Morgan fingerprint density at radius 3 is 2.46 bits per heavy atom. The van der Waals surface area contributed by atoms with E-state index in [9.17, 15) is 14.4 Å². The van der Waals surface area contributed by atoms with Gasteiger partial charge in [-0.05, 0) is 36.5 Å². The van der Waals surface area contributed by atoms with Crippen LogP contribution in [0.5, 0.6) is 0 Å². The van der Waals surface area contributed by atoms with Crippen LogP contribution in [0.15, 0.2) is 53.3 Å². The summed E-state index contributed by atoms with van der Waals surface area (Å²) in [5, 5.41) is 8.42. The first-order chi connectivity index (χ1) is 17.0. The highest BCUT2D eigenvalue weighted by Crippen LogP contribution is 2.27. The second kappa shape index (κ2) is 11.0. The highest BCUT2D eigenvalue weighted by atomic mass is 16.4. The molecule has 0 radical (unpaired) electrons. The van der Waals surface area contributed by atoms with Gasteiger partial charge in [0.05, 0.1) is 12.5 Å². The lowest BCUT2D eigenvalue weighted by atomic mass is 9.83. The minimum absolute atomic E-state index is 0.132. The van der Waals surface area contributed by atoms with Crippen LogP contribution in [0.2, 0.25) is 0 Å². The number of aryl methyl sites for hydroxylation is 1. The average molecular weight is 478 g/mol. The number of likely N-dealkylation sites (N-methyl/N-ethyl adjacent to an activating group) is 1. The molecule has 1 aliphatic carbocycles. The normalized spacial score (nSPS) is 14.8. The van der Waals surface area contributed by atoms with Crippen LogP contribution in [0.1, 0.15) is 58.7 Å². The molecule has 3 aromatic rings. The Bertz CT molecular complexity index is 1170. The van der Waals surface area contributed by atoms with Crippen molar-refractivity contribution in [3.8, 4) is 11.3 Å². The van der Waals surface area contributed by atoms with E-state index in [-0.39, 0.29) is 23.5 Å². The summed E-state index contributed by atoms with van der Waals surface area (Å²) in [4.78, 5) is 41.5. The van der Waals surface area contributed by atoms with Crippen molar-refractivity contribution in [2.24, 2.45) is 13.0 Å². The van der Waals surface area contributed by atoms with E-state index >= 15 is 0 Å². The summed E-state index contributed by atoms with van der Waals surface area (Å²) in [6.45, 7) is 0.373. The van der Waals surface area contributed by atoms with E-state index in [4.69, 9.17) is 4.42 Å². The van der Waals surface area contributed by atoms with Gasteiger partial charge in [0, 0.05) is 26.2 Å². The van der Waals surface area contributed by atoms with Crippen LogP contribution in [-0.4, -0.2) is 40.4 Å². The second-order valence-corrected chi connectivity index (χ2v) is 8.90. The molecule has 0 aliphatic heterocycles. The molecule has 35 heavy (non-hydrogen) atoms. The van der Waals surface area contributed by atoms with Gasteiger partial charge in [0.15, 0.2) is 5.76 Å². The summed E-state index contributed by atoms with van der Waals surface area (Å²) in [5.41, 5.74) is 2.22. The number of hydrogen-bond donors (Lipinski definition) is 3. The third-order valence-electron chi connectivity index (χ3n) is 6.51. The van der Waals surface area contributed by atoms with Gasteiger partial charge < -0.3 is 24.9 Å². The second-order valence-electron chi connectivity index (χ2n) is 8.90. The first-order valence-corrected chi connectivity index (χ1v) is 11.9. The van der Waals surface area contributed by atoms with E-state index in [0.29, 0.717) is 18.0 Å². The maximum absolute atomic E-state index is 12.9. The molecule has 1 atom stereocenters.